The van der Waals surface area contributed by atoms with E-state index in [9.17, 15) is 4.79 Å². The number of aromatic nitrogens is 2. The third kappa shape index (κ3) is 2.44. The van der Waals surface area contributed by atoms with Crippen LogP contribution in [0.25, 0.3) is 0 Å². The van der Waals surface area contributed by atoms with E-state index >= 15 is 0 Å². The second-order valence-corrected chi connectivity index (χ2v) is 2.85. The van der Waals surface area contributed by atoms with Crippen LogP contribution in [0.2, 0.25) is 0 Å². The number of carbonyl (C=O) groups is 1. The van der Waals surface area contributed by atoms with Crippen LogP contribution in [0, 0.1) is 6.92 Å². The maximum atomic E-state index is 10.7. The average molecular weight is 192 g/mol. The second-order valence-electron chi connectivity index (χ2n) is 1.83. The normalized spacial score (nSPS) is 9.64. The monoisotopic (exact) mass is 191 g/mol. The largest absolute Gasteiger partial charge is 0.300 e. The molecule has 0 spiro atoms. The molecular weight excluding hydrogens is 186 g/mol. The van der Waals surface area contributed by atoms with Crippen LogP contribution in [0.5, 0.6) is 0 Å². The standard InChI is InChI=1S/C5H6ClN3OS/c1-3-7-5(11-9-3)8-4(10)2-6/h2H2,1H3,(H,7,8,9,10). The van der Waals surface area contributed by atoms with Gasteiger partial charge in [-0.3, -0.25) is 10.1 Å². The van der Waals surface area contributed by atoms with Gasteiger partial charge in [-0.2, -0.15) is 4.37 Å². The molecule has 1 N–H and O–H groups in total. The predicted octanol–water partition coefficient (Wildman–Crippen LogP) is 1.02. The molecule has 60 valence electrons. The van der Waals surface area contributed by atoms with Crippen LogP contribution in [0.15, 0.2) is 0 Å². The molecular formula is C5H6ClN3OS. The summed E-state index contributed by atoms with van der Waals surface area (Å²) >= 11 is 6.39. The molecule has 0 fully saturated rings. The van der Waals surface area contributed by atoms with Crippen LogP contribution in [0.4, 0.5) is 5.13 Å². The maximum Gasteiger partial charge on any atom is 0.241 e. The van der Waals surface area contributed by atoms with Crippen LogP contribution in [-0.4, -0.2) is 21.1 Å². The number of aryl methyl sites for hydroxylation is 1. The third-order valence-corrected chi connectivity index (χ3v) is 1.86. The summed E-state index contributed by atoms with van der Waals surface area (Å²) in [5.74, 6) is 0.334. The average Bonchev–Trinajstić information content (AvgIpc) is 2.35. The predicted molar refractivity (Wildman–Crippen MR) is 44.0 cm³/mol. The number of anilines is 1. The van der Waals surface area contributed by atoms with Crippen molar-refractivity contribution in [1.82, 2.24) is 9.36 Å². The lowest BCUT2D eigenvalue weighted by Gasteiger charge is -1.93. The third-order valence-electron chi connectivity index (χ3n) is 0.895. The van der Waals surface area contributed by atoms with E-state index in [-0.39, 0.29) is 11.8 Å². The van der Waals surface area contributed by atoms with Crippen molar-refractivity contribution in [2.75, 3.05) is 11.2 Å². The number of alkyl halides is 1. The first-order valence-electron chi connectivity index (χ1n) is 2.88. The zero-order valence-corrected chi connectivity index (χ0v) is 7.37. The van der Waals surface area contributed by atoms with Gasteiger partial charge in [0.15, 0.2) is 0 Å². The van der Waals surface area contributed by atoms with Crippen LogP contribution >= 0.6 is 23.1 Å². The summed E-state index contributed by atoms with van der Waals surface area (Å²) in [6, 6.07) is 0. The summed E-state index contributed by atoms with van der Waals surface area (Å²) in [6.45, 7) is 1.76. The van der Waals surface area contributed by atoms with Crippen LogP contribution < -0.4 is 5.32 Å². The molecule has 0 unspecified atom stereocenters. The topological polar surface area (TPSA) is 54.9 Å². The molecule has 0 atom stereocenters. The summed E-state index contributed by atoms with van der Waals surface area (Å²) in [5.41, 5.74) is 0. The van der Waals surface area contributed by atoms with Crippen molar-refractivity contribution in [3.8, 4) is 0 Å². The molecule has 0 bridgehead atoms. The molecule has 1 rings (SSSR count). The van der Waals surface area contributed by atoms with Gasteiger partial charge in [0.05, 0.1) is 0 Å². The van der Waals surface area contributed by atoms with Crippen molar-refractivity contribution in [2.24, 2.45) is 0 Å². The van der Waals surface area contributed by atoms with E-state index in [1.807, 2.05) is 0 Å². The number of hydrogen-bond acceptors (Lipinski definition) is 4. The van der Waals surface area contributed by atoms with Crippen molar-refractivity contribution in [1.29, 1.82) is 0 Å². The highest BCUT2D eigenvalue weighted by molar-refractivity contribution is 7.09. The molecule has 0 aliphatic carbocycles. The minimum atomic E-state index is -0.261. The number of halogens is 1. The van der Waals surface area contributed by atoms with E-state index < -0.39 is 0 Å². The Labute approximate surface area is 72.8 Å². The zero-order valence-electron chi connectivity index (χ0n) is 5.80. The number of nitrogens with one attached hydrogen (secondary N) is 1. The van der Waals surface area contributed by atoms with Gasteiger partial charge in [-0.15, -0.1) is 11.6 Å². The van der Waals surface area contributed by atoms with Crippen molar-refractivity contribution >= 4 is 34.2 Å². The highest BCUT2D eigenvalue weighted by Gasteiger charge is 2.03. The van der Waals surface area contributed by atoms with E-state index in [0.717, 1.165) is 11.5 Å². The van der Waals surface area contributed by atoms with Crippen molar-refractivity contribution in [2.45, 2.75) is 6.92 Å². The molecule has 1 aromatic rings. The van der Waals surface area contributed by atoms with E-state index in [1.165, 1.54) is 0 Å². The van der Waals surface area contributed by atoms with Crippen LogP contribution in [0.3, 0.4) is 0 Å². The summed E-state index contributed by atoms with van der Waals surface area (Å²) in [7, 11) is 0. The Hall–Kier alpha value is -0.680. The number of hydrogen-bond donors (Lipinski definition) is 1. The number of nitrogens with zero attached hydrogens (tertiary/aromatic N) is 2. The molecule has 0 aliphatic heterocycles. The minimum absolute atomic E-state index is 0.0569. The first kappa shape index (κ1) is 8.42. The Bertz CT molecular complexity index is 262. The highest BCUT2D eigenvalue weighted by atomic mass is 35.5. The molecule has 1 heterocycles. The van der Waals surface area contributed by atoms with Gasteiger partial charge in [-0.05, 0) is 6.92 Å². The smallest absolute Gasteiger partial charge is 0.241 e. The Morgan fingerprint density at radius 1 is 1.82 bits per heavy atom. The Morgan fingerprint density at radius 2 is 2.55 bits per heavy atom. The van der Waals surface area contributed by atoms with E-state index in [4.69, 9.17) is 11.6 Å². The molecule has 0 aromatic carbocycles. The van der Waals surface area contributed by atoms with Crippen molar-refractivity contribution < 1.29 is 4.79 Å². The van der Waals surface area contributed by atoms with E-state index in [2.05, 4.69) is 14.7 Å². The SMILES string of the molecule is Cc1nsc(NC(=O)CCl)n1. The molecule has 0 radical (unpaired) electrons. The van der Waals surface area contributed by atoms with Gasteiger partial charge in [0.1, 0.15) is 11.7 Å². The lowest BCUT2D eigenvalue weighted by atomic mass is 10.7. The summed E-state index contributed by atoms with van der Waals surface area (Å²) < 4.78 is 3.88. The van der Waals surface area contributed by atoms with E-state index in [0.29, 0.717) is 11.0 Å². The maximum absolute atomic E-state index is 10.7. The summed E-state index contributed by atoms with van der Waals surface area (Å²) in [4.78, 5) is 14.6. The lowest BCUT2D eigenvalue weighted by molar-refractivity contribution is -0.113. The van der Waals surface area contributed by atoms with Crippen LogP contribution in [-0.2, 0) is 4.79 Å². The van der Waals surface area contributed by atoms with Crippen LogP contribution in [0.1, 0.15) is 5.82 Å². The molecule has 0 aliphatic rings. The minimum Gasteiger partial charge on any atom is -0.300 e. The molecule has 6 heteroatoms. The molecule has 0 saturated carbocycles. The Morgan fingerprint density at radius 3 is 3.00 bits per heavy atom. The van der Waals surface area contributed by atoms with Gasteiger partial charge >= 0.3 is 0 Å². The second kappa shape index (κ2) is 3.64. The van der Waals surface area contributed by atoms with Gasteiger partial charge in [0.25, 0.3) is 0 Å². The first-order chi connectivity index (χ1) is 5.22. The van der Waals surface area contributed by atoms with Gasteiger partial charge < -0.3 is 0 Å². The molecule has 1 aromatic heterocycles. The lowest BCUT2D eigenvalue weighted by Crippen LogP contribution is -2.12. The zero-order chi connectivity index (χ0) is 8.27. The summed E-state index contributed by atoms with van der Waals surface area (Å²) in [5, 5.41) is 2.98. The highest BCUT2D eigenvalue weighted by Crippen LogP contribution is 2.09. The van der Waals surface area contributed by atoms with Gasteiger partial charge in [0, 0.05) is 11.5 Å². The Balaban J connectivity index is 2.57. The van der Waals surface area contributed by atoms with Crippen molar-refractivity contribution in [3.63, 3.8) is 0 Å². The van der Waals surface area contributed by atoms with Gasteiger partial charge in [0.2, 0.25) is 11.0 Å². The van der Waals surface area contributed by atoms with Gasteiger partial charge in [-0.1, -0.05) is 0 Å². The number of rotatable bonds is 2. The number of amides is 1. The Kier molecular flexibility index (Phi) is 2.78. The fourth-order valence-electron chi connectivity index (χ4n) is 0.501. The summed E-state index contributed by atoms with van der Waals surface area (Å²) in [6.07, 6.45) is 0. The van der Waals surface area contributed by atoms with Crippen molar-refractivity contribution in [3.05, 3.63) is 5.82 Å². The fourth-order valence-corrected chi connectivity index (χ4v) is 1.16. The molecule has 4 nitrogen and oxygen atoms in total. The fraction of sp³-hybridized carbons (Fsp3) is 0.400. The molecule has 1 amide bonds. The molecule has 0 saturated heterocycles. The quantitative estimate of drug-likeness (QED) is 0.711. The van der Waals surface area contributed by atoms with E-state index in [1.54, 1.807) is 6.92 Å². The van der Waals surface area contributed by atoms with Gasteiger partial charge in [-0.25, -0.2) is 4.98 Å². The molecule has 11 heavy (non-hydrogen) atoms. The number of carbonyl (C=O) groups excluding carboxylic acids is 1. The first-order valence-corrected chi connectivity index (χ1v) is 4.19.